The Labute approximate surface area is 127 Å². The Balaban J connectivity index is 2.12. The fraction of sp³-hybridized carbons (Fsp3) is 0.235. The average Bonchev–Trinajstić information content (AvgIpc) is 3.04. The second-order valence-electron chi connectivity index (χ2n) is 5.29. The summed E-state index contributed by atoms with van der Waals surface area (Å²) in [5.41, 5.74) is 1.59. The molecule has 0 atom stereocenters. The van der Waals surface area contributed by atoms with Crippen molar-refractivity contribution in [2.24, 2.45) is 0 Å². The second kappa shape index (κ2) is 5.37. The first-order chi connectivity index (χ1) is 10.1. The van der Waals surface area contributed by atoms with Crippen molar-refractivity contribution in [1.29, 1.82) is 0 Å². The van der Waals surface area contributed by atoms with Gasteiger partial charge in [0.25, 0.3) is 0 Å². The number of fused-ring (bicyclic) bond motifs is 1. The van der Waals surface area contributed by atoms with Crippen LogP contribution in [0, 0.1) is 6.92 Å². The van der Waals surface area contributed by atoms with Crippen molar-refractivity contribution in [3.8, 4) is 5.75 Å². The van der Waals surface area contributed by atoms with E-state index < -0.39 is 0 Å². The van der Waals surface area contributed by atoms with Crippen molar-refractivity contribution in [3.63, 3.8) is 0 Å². The van der Waals surface area contributed by atoms with Crippen molar-refractivity contribution in [2.75, 3.05) is 0 Å². The predicted molar refractivity (Wildman–Crippen MR) is 86.6 cm³/mol. The normalized spacial score (nSPS) is 11.2. The molecule has 108 valence electrons. The molecule has 0 unspecified atom stereocenters. The van der Waals surface area contributed by atoms with E-state index in [4.69, 9.17) is 4.74 Å². The molecule has 0 bridgehead atoms. The summed E-state index contributed by atoms with van der Waals surface area (Å²) in [5, 5.41) is 0.863. The fourth-order valence-electron chi connectivity index (χ4n) is 2.37. The molecule has 0 aliphatic rings. The van der Waals surface area contributed by atoms with Crippen molar-refractivity contribution < 1.29 is 9.53 Å². The number of thiophene rings is 1. The van der Waals surface area contributed by atoms with E-state index in [0.717, 1.165) is 26.4 Å². The minimum absolute atomic E-state index is 0.0409. The summed E-state index contributed by atoms with van der Waals surface area (Å²) in [5.74, 6) is 0.791. The molecule has 3 nitrogen and oxygen atoms in total. The van der Waals surface area contributed by atoms with Crippen LogP contribution in [0.5, 0.6) is 5.75 Å². The maximum atomic E-state index is 12.7. The van der Waals surface area contributed by atoms with Crippen LogP contribution in [0.2, 0.25) is 0 Å². The molecule has 0 fully saturated rings. The third-order valence-electron chi connectivity index (χ3n) is 3.24. The lowest BCUT2D eigenvalue weighted by Crippen LogP contribution is -2.06. The first kappa shape index (κ1) is 13.9. The first-order valence-electron chi connectivity index (χ1n) is 6.94. The lowest BCUT2D eigenvalue weighted by Gasteiger charge is -2.11. The molecular formula is C17H17NO2S. The maximum absolute atomic E-state index is 12.7. The van der Waals surface area contributed by atoms with E-state index >= 15 is 0 Å². The van der Waals surface area contributed by atoms with Crippen molar-refractivity contribution in [1.82, 2.24) is 4.98 Å². The molecular weight excluding hydrogens is 282 g/mol. The quantitative estimate of drug-likeness (QED) is 0.718. The standard InChI is InChI=1S/C17H17NO2S/c1-10(2)20-14-6-4-5-13-16(14)12(9-18-13)17(19)15-8-7-11(3)21-15/h4-10,18H,1-3H3. The highest BCUT2D eigenvalue weighted by Gasteiger charge is 2.19. The van der Waals surface area contributed by atoms with Gasteiger partial charge in [-0.2, -0.15) is 0 Å². The largest absolute Gasteiger partial charge is 0.490 e. The van der Waals surface area contributed by atoms with E-state index in [-0.39, 0.29) is 11.9 Å². The second-order valence-corrected chi connectivity index (χ2v) is 6.57. The molecule has 4 heteroatoms. The van der Waals surface area contributed by atoms with Gasteiger partial charge in [-0.15, -0.1) is 11.3 Å². The van der Waals surface area contributed by atoms with Gasteiger partial charge in [0.2, 0.25) is 5.78 Å². The smallest absolute Gasteiger partial charge is 0.205 e. The van der Waals surface area contributed by atoms with Gasteiger partial charge in [-0.3, -0.25) is 4.79 Å². The maximum Gasteiger partial charge on any atom is 0.205 e. The van der Waals surface area contributed by atoms with E-state index in [0.29, 0.717) is 5.56 Å². The molecule has 0 amide bonds. The monoisotopic (exact) mass is 299 g/mol. The molecule has 0 saturated heterocycles. The Morgan fingerprint density at radius 2 is 2.05 bits per heavy atom. The van der Waals surface area contributed by atoms with Gasteiger partial charge in [-0.05, 0) is 45.0 Å². The lowest BCUT2D eigenvalue weighted by molar-refractivity contribution is 0.104. The fourth-order valence-corrected chi connectivity index (χ4v) is 3.19. The van der Waals surface area contributed by atoms with Gasteiger partial charge in [0.1, 0.15) is 5.75 Å². The Hall–Kier alpha value is -2.07. The SMILES string of the molecule is Cc1ccc(C(=O)c2c[nH]c3cccc(OC(C)C)c23)s1. The topological polar surface area (TPSA) is 42.1 Å². The highest BCUT2D eigenvalue weighted by Crippen LogP contribution is 2.32. The van der Waals surface area contributed by atoms with Crippen LogP contribution >= 0.6 is 11.3 Å². The third-order valence-corrected chi connectivity index (χ3v) is 4.24. The van der Waals surface area contributed by atoms with Crippen molar-refractivity contribution >= 4 is 28.0 Å². The van der Waals surface area contributed by atoms with Gasteiger partial charge in [0, 0.05) is 16.6 Å². The Morgan fingerprint density at radius 3 is 2.71 bits per heavy atom. The van der Waals surface area contributed by atoms with Crippen molar-refractivity contribution in [3.05, 3.63) is 51.8 Å². The van der Waals surface area contributed by atoms with Gasteiger partial charge in [0.05, 0.1) is 21.9 Å². The molecule has 0 saturated carbocycles. The van der Waals surface area contributed by atoms with Crippen molar-refractivity contribution in [2.45, 2.75) is 26.9 Å². The molecule has 21 heavy (non-hydrogen) atoms. The predicted octanol–water partition coefficient (Wildman–Crippen LogP) is 4.56. The number of carbonyl (C=O) groups excluding carboxylic acids is 1. The highest BCUT2D eigenvalue weighted by molar-refractivity contribution is 7.14. The van der Waals surface area contributed by atoms with Crippen LogP contribution in [0.4, 0.5) is 0 Å². The number of aromatic amines is 1. The number of ketones is 1. The Kier molecular flexibility index (Phi) is 3.55. The third kappa shape index (κ3) is 2.59. The molecule has 0 radical (unpaired) electrons. The average molecular weight is 299 g/mol. The zero-order chi connectivity index (χ0) is 15.0. The number of ether oxygens (including phenoxy) is 1. The van der Waals surface area contributed by atoms with Crippen LogP contribution in [-0.2, 0) is 0 Å². The summed E-state index contributed by atoms with van der Waals surface area (Å²) in [6.07, 6.45) is 1.84. The Morgan fingerprint density at radius 1 is 1.24 bits per heavy atom. The van der Waals surface area contributed by atoms with Crippen LogP contribution in [-0.4, -0.2) is 16.9 Å². The Bertz CT molecular complexity index is 798. The number of H-pyrrole nitrogens is 1. The van der Waals surface area contributed by atoms with Gasteiger partial charge < -0.3 is 9.72 Å². The van der Waals surface area contributed by atoms with E-state index in [2.05, 4.69) is 4.98 Å². The van der Waals surface area contributed by atoms with Crippen LogP contribution in [0.15, 0.2) is 36.5 Å². The van der Waals surface area contributed by atoms with Gasteiger partial charge in [0.15, 0.2) is 0 Å². The van der Waals surface area contributed by atoms with Gasteiger partial charge in [-0.1, -0.05) is 6.07 Å². The summed E-state index contributed by atoms with van der Waals surface area (Å²) >= 11 is 1.52. The molecule has 1 aromatic carbocycles. The molecule has 1 N–H and O–H groups in total. The van der Waals surface area contributed by atoms with Gasteiger partial charge >= 0.3 is 0 Å². The van der Waals surface area contributed by atoms with Crippen LogP contribution < -0.4 is 4.74 Å². The minimum atomic E-state index is 0.0409. The van der Waals surface area contributed by atoms with E-state index in [9.17, 15) is 4.79 Å². The summed E-state index contributed by atoms with van der Waals surface area (Å²) in [4.78, 5) is 17.8. The van der Waals surface area contributed by atoms with Crippen LogP contribution in [0.3, 0.4) is 0 Å². The highest BCUT2D eigenvalue weighted by atomic mass is 32.1. The molecule has 2 aromatic heterocycles. The molecule has 2 heterocycles. The number of nitrogens with one attached hydrogen (secondary N) is 1. The lowest BCUT2D eigenvalue weighted by atomic mass is 10.1. The zero-order valence-corrected chi connectivity index (χ0v) is 13.1. The molecule has 3 aromatic rings. The number of aryl methyl sites for hydroxylation is 1. The molecule has 3 rings (SSSR count). The van der Waals surface area contributed by atoms with E-state index in [1.165, 1.54) is 11.3 Å². The number of hydrogen-bond acceptors (Lipinski definition) is 3. The minimum Gasteiger partial charge on any atom is -0.490 e. The molecule has 0 aliphatic heterocycles. The summed E-state index contributed by atoms with van der Waals surface area (Å²) in [6.45, 7) is 5.97. The van der Waals surface area contributed by atoms with Gasteiger partial charge in [-0.25, -0.2) is 0 Å². The molecule has 0 spiro atoms. The zero-order valence-electron chi connectivity index (χ0n) is 12.3. The summed E-state index contributed by atoms with van der Waals surface area (Å²) in [7, 11) is 0. The number of aromatic nitrogens is 1. The van der Waals surface area contributed by atoms with Crippen LogP contribution in [0.1, 0.15) is 34.0 Å². The number of benzene rings is 1. The number of hydrogen-bond donors (Lipinski definition) is 1. The number of rotatable bonds is 4. The summed E-state index contributed by atoms with van der Waals surface area (Å²) in [6, 6.07) is 9.65. The number of carbonyl (C=O) groups is 1. The van der Waals surface area contributed by atoms with E-state index in [1.54, 1.807) is 6.20 Å². The van der Waals surface area contributed by atoms with Crippen LogP contribution in [0.25, 0.3) is 10.9 Å². The van der Waals surface area contributed by atoms with E-state index in [1.807, 2.05) is 51.1 Å². The first-order valence-corrected chi connectivity index (χ1v) is 7.76. The summed E-state index contributed by atoms with van der Waals surface area (Å²) < 4.78 is 5.85. The molecule has 0 aliphatic carbocycles.